The van der Waals surface area contributed by atoms with Gasteiger partial charge in [-0.05, 0) is 36.4 Å². The van der Waals surface area contributed by atoms with E-state index < -0.39 is 0 Å². The van der Waals surface area contributed by atoms with Crippen molar-refractivity contribution in [3.05, 3.63) is 70.0 Å². The largest absolute Gasteiger partial charge is 0.505 e. The van der Waals surface area contributed by atoms with Crippen LogP contribution in [0.5, 0.6) is 11.5 Å². The quantitative estimate of drug-likeness (QED) is 0.447. The summed E-state index contributed by atoms with van der Waals surface area (Å²) in [6.07, 6.45) is 3.32. The number of nitrogens with zero attached hydrogens (tertiary/aromatic N) is 4. The molecule has 2 aromatic carbocycles. The SMILES string of the molecule is Oc1c(CN2CCN(Cc3cc(Cl)c4cccnc4c3O)CC2)cc(Cl)c2cccnc12. The molecule has 2 aromatic heterocycles. The van der Waals surface area contributed by atoms with E-state index in [0.717, 1.165) is 48.1 Å². The van der Waals surface area contributed by atoms with Gasteiger partial charge in [0.1, 0.15) is 22.5 Å². The Morgan fingerprint density at radius 1 is 0.719 bits per heavy atom. The second-order valence-electron chi connectivity index (χ2n) is 8.08. The van der Waals surface area contributed by atoms with Crippen LogP contribution >= 0.6 is 23.2 Å². The van der Waals surface area contributed by atoms with Crippen molar-refractivity contribution >= 4 is 45.0 Å². The zero-order valence-corrected chi connectivity index (χ0v) is 18.8. The number of phenolic OH excluding ortho intramolecular Hbond substituents is 2. The monoisotopic (exact) mass is 468 g/mol. The normalized spacial score (nSPS) is 15.6. The summed E-state index contributed by atoms with van der Waals surface area (Å²) in [5.41, 5.74) is 2.62. The number of hydrogen-bond acceptors (Lipinski definition) is 6. The molecule has 0 aliphatic carbocycles. The number of phenols is 2. The zero-order chi connectivity index (χ0) is 22.2. The standard InChI is InChI=1S/C24H22Cl2N4O2/c25-19-11-15(23(31)21-17(19)3-1-5-27-21)13-29-7-9-30(10-8-29)14-16-12-20(26)18-4-2-6-28-22(18)24(16)32/h1-6,11-12,31-32H,7-10,13-14H2. The predicted octanol–water partition coefficient (Wildman–Crippen LogP) is 4.82. The zero-order valence-electron chi connectivity index (χ0n) is 17.3. The Balaban J connectivity index is 1.27. The fourth-order valence-electron chi connectivity index (χ4n) is 4.30. The summed E-state index contributed by atoms with van der Waals surface area (Å²) in [6, 6.07) is 11.0. The van der Waals surface area contributed by atoms with Gasteiger partial charge >= 0.3 is 0 Å². The van der Waals surface area contributed by atoms with Crippen molar-refractivity contribution in [1.29, 1.82) is 0 Å². The third kappa shape index (κ3) is 3.95. The van der Waals surface area contributed by atoms with Gasteiger partial charge in [-0.25, -0.2) is 0 Å². The Hall–Kier alpha value is -2.64. The molecular weight excluding hydrogens is 447 g/mol. The number of piperazine rings is 1. The number of halogens is 2. The fraction of sp³-hybridized carbons (Fsp3) is 0.250. The molecule has 6 nitrogen and oxygen atoms in total. The van der Waals surface area contributed by atoms with Crippen LogP contribution < -0.4 is 0 Å². The first-order chi connectivity index (χ1) is 15.5. The van der Waals surface area contributed by atoms with Gasteiger partial charge in [-0.3, -0.25) is 19.8 Å². The van der Waals surface area contributed by atoms with E-state index in [1.807, 2.05) is 36.4 Å². The van der Waals surface area contributed by atoms with Gasteiger partial charge in [0.2, 0.25) is 0 Å². The lowest BCUT2D eigenvalue weighted by molar-refractivity contribution is 0.120. The van der Waals surface area contributed by atoms with Crippen LogP contribution in [0.3, 0.4) is 0 Å². The number of rotatable bonds is 4. The van der Waals surface area contributed by atoms with Crippen LogP contribution in [0.2, 0.25) is 10.0 Å². The van der Waals surface area contributed by atoms with Crippen LogP contribution in [0.15, 0.2) is 48.8 Å². The molecule has 0 bridgehead atoms. The molecule has 3 heterocycles. The van der Waals surface area contributed by atoms with E-state index in [1.165, 1.54) is 0 Å². The summed E-state index contributed by atoms with van der Waals surface area (Å²) in [5, 5.41) is 24.1. The van der Waals surface area contributed by atoms with Gasteiger partial charge in [0.05, 0.1) is 10.0 Å². The minimum atomic E-state index is 0.190. The minimum Gasteiger partial charge on any atom is -0.505 e. The van der Waals surface area contributed by atoms with Crippen LogP contribution in [0, 0.1) is 0 Å². The second kappa shape index (κ2) is 8.71. The summed E-state index contributed by atoms with van der Waals surface area (Å²) in [7, 11) is 0. The number of aromatic nitrogens is 2. The molecule has 0 saturated carbocycles. The maximum Gasteiger partial charge on any atom is 0.146 e. The van der Waals surface area contributed by atoms with Crippen molar-refractivity contribution in [2.24, 2.45) is 0 Å². The summed E-state index contributed by atoms with van der Waals surface area (Å²) in [4.78, 5) is 13.1. The molecule has 0 amide bonds. The molecule has 1 aliphatic rings. The Bertz CT molecular complexity index is 1210. The van der Waals surface area contributed by atoms with Crippen LogP contribution in [0.1, 0.15) is 11.1 Å². The van der Waals surface area contributed by atoms with E-state index in [0.29, 0.717) is 34.2 Å². The van der Waals surface area contributed by atoms with Gasteiger partial charge in [0.25, 0.3) is 0 Å². The molecule has 5 rings (SSSR count). The maximum atomic E-state index is 10.7. The van der Waals surface area contributed by atoms with Crippen molar-refractivity contribution in [3.63, 3.8) is 0 Å². The number of pyridine rings is 2. The Morgan fingerprint density at radius 2 is 1.12 bits per heavy atom. The van der Waals surface area contributed by atoms with Gasteiger partial charge in [0.15, 0.2) is 0 Å². The van der Waals surface area contributed by atoms with Gasteiger partial charge in [0, 0.05) is 73.6 Å². The van der Waals surface area contributed by atoms with E-state index in [4.69, 9.17) is 23.2 Å². The molecule has 8 heteroatoms. The number of benzene rings is 2. The summed E-state index contributed by atoms with van der Waals surface area (Å²) in [5.74, 6) is 0.381. The molecule has 0 spiro atoms. The molecular formula is C24H22Cl2N4O2. The third-order valence-corrected chi connectivity index (χ3v) is 6.67. The Kier molecular flexibility index (Phi) is 5.78. The average molecular weight is 469 g/mol. The molecule has 0 unspecified atom stereocenters. The van der Waals surface area contributed by atoms with Crippen molar-refractivity contribution in [2.45, 2.75) is 13.1 Å². The van der Waals surface area contributed by atoms with E-state index in [-0.39, 0.29) is 11.5 Å². The van der Waals surface area contributed by atoms with Crippen LogP contribution in [-0.4, -0.2) is 56.2 Å². The summed E-state index contributed by atoms with van der Waals surface area (Å²) in [6.45, 7) is 4.52. The van der Waals surface area contributed by atoms with E-state index in [9.17, 15) is 10.2 Å². The van der Waals surface area contributed by atoms with Gasteiger partial charge < -0.3 is 10.2 Å². The fourth-order valence-corrected chi connectivity index (χ4v) is 4.87. The molecule has 1 saturated heterocycles. The highest BCUT2D eigenvalue weighted by Gasteiger charge is 2.21. The first-order valence-electron chi connectivity index (χ1n) is 10.5. The second-order valence-corrected chi connectivity index (χ2v) is 8.90. The highest BCUT2D eigenvalue weighted by Crippen LogP contribution is 2.35. The van der Waals surface area contributed by atoms with Gasteiger partial charge in [-0.1, -0.05) is 23.2 Å². The first-order valence-corrected chi connectivity index (χ1v) is 11.2. The molecule has 32 heavy (non-hydrogen) atoms. The van der Waals surface area contributed by atoms with Crippen LogP contribution in [0.4, 0.5) is 0 Å². The van der Waals surface area contributed by atoms with Crippen molar-refractivity contribution < 1.29 is 10.2 Å². The van der Waals surface area contributed by atoms with Crippen molar-refractivity contribution in [2.75, 3.05) is 26.2 Å². The number of hydrogen-bond donors (Lipinski definition) is 2. The van der Waals surface area contributed by atoms with E-state index in [1.54, 1.807) is 12.4 Å². The van der Waals surface area contributed by atoms with Crippen LogP contribution in [-0.2, 0) is 13.1 Å². The molecule has 2 N–H and O–H groups in total. The lowest BCUT2D eigenvalue weighted by atomic mass is 10.1. The Morgan fingerprint density at radius 3 is 1.53 bits per heavy atom. The van der Waals surface area contributed by atoms with Gasteiger partial charge in [-0.15, -0.1) is 0 Å². The highest BCUT2D eigenvalue weighted by atomic mass is 35.5. The number of fused-ring (bicyclic) bond motifs is 2. The molecule has 4 aromatic rings. The maximum absolute atomic E-state index is 10.7. The van der Waals surface area contributed by atoms with Crippen molar-refractivity contribution in [3.8, 4) is 11.5 Å². The van der Waals surface area contributed by atoms with Crippen molar-refractivity contribution in [1.82, 2.24) is 19.8 Å². The average Bonchev–Trinajstić information content (AvgIpc) is 2.82. The summed E-state index contributed by atoms with van der Waals surface area (Å²) >= 11 is 12.8. The predicted molar refractivity (Wildman–Crippen MR) is 127 cm³/mol. The molecule has 1 fully saturated rings. The summed E-state index contributed by atoms with van der Waals surface area (Å²) < 4.78 is 0. The first kappa shape index (κ1) is 21.2. The van der Waals surface area contributed by atoms with Crippen LogP contribution in [0.25, 0.3) is 21.8 Å². The Labute approximate surface area is 195 Å². The molecule has 0 radical (unpaired) electrons. The third-order valence-electron chi connectivity index (χ3n) is 6.04. The topological polar surface area (TPSA) is 72.7 Å². The molecule has 1 aliphatic heterocycles. The molecule has 164 valence electrons. The van der Waals surface area contributed by atoms with E-state index in [2.05, 4.69) is 19.8 Å². The minimum absolute atomic E-state index is 0.190. The molecule has 0 atom stereocenters. The lowest BCUT2D eigenvalue weighted by Gasteiger charge is -2.35. The number of aromatic hydroxyl groups is 2. The van der Waals surface area contributed by atoms with Gasteiger partial charge in [-0.2, -0.15) is 0 Å². The highest BCUT2D eigenvalue weighted by molar-refractivity contribution is 6.36. The smallest absolute Gasteiger partial charge is 0.146 e. The lowest BCUT2D eigenvalue weighted by Crippen LogP contribution is -2.45. The van der Waals surface area contributed by atoms with E-state index >= 15 is 0 Å².